The van der Waals surface area contributed by atoms with Crippen molar-refractivity contribution in [1.82, 2.24) is 9.88 Å². The number of hydrogen-bond acceptors (Lipinski definition) is 6. The molecule has 1 atom stereocenters. The maximum atomic E-state index is 12.9. The van der Waals surface area contributed by atoms with Crippen molar-refractivity contribution in [1.29, 1.82) is 0 Å². The molecule has 2 aromatic rings. The van der Waals surface area contributed by atoms with Crippen LogP contribution in [-0.4, -0.2) is 55.4 Å². The van der Waals surface area contributed by atoms with Crippen LogP contribution in [0.5, 0.6) is 17.4 Å². The molecule has 0 spiro atoms. The van der Waals surface area contributed by atoms with Crippen molar-refractivity contribution < 1.29 is 23.7 Å². The van der Waals surface area contributed by atoms with Gasteiger partial charge in [0.15, 0.2) is 11.5 Å². The highest BCUT2D eigenvalue weighted by atomic mass is 16.6. The zero-order valence-electron chi connectivity index (χ0n) is 15.2. The Morgan fingerprint density at radius 2 is 2.07 bits per heavy atom. The Morgan fingerprint density at radius 3 is 2.93 bits per heavy atom. The molecule has 7 heteroatoms. The van der Waals surface area contributed by atoms with Crippen molar-refractivity contribution in [2.75, 3.05) is 33.5 Å². The minimum atomic E-state index is -0.619. The third-order valence-electron chi connectivity index (χ3n) is 4.66. The predicted molar refractivity (Wildman–Crippen MR) is 97.1 cm³/mol. The second-order valence-corrected chi connectivity index (χ2v) is 6.47. The van der Waals surface area contributed by atoms with Gasteiger partial charge in [0.05, 0.1) is 12.3 Å². The standard InChI is InChI=1S/C20H22N2O5/c1-24-10-11-25-19-7-6-14-12-22(9-8-15(14)21-19)20(23)18-13-26-16-4-2-3-5-17(16)27-18/h2-7,18H,8-13H2,1H3. The third-order valence-corrected chi connectivity index (χ3v) is 4.66. The Morgan fingerprint density at radius 1 is 1.22 bits per heavy atom. The van der Waals surface area contributed by atoms with Gasteiger partial charge in [0.25, 0.3) is 5.91 Å². The van der Waals surface area contributed by atoms with E-state index in [1.807, 2.05) is 36.4 Å². The summed E-state index contributed by atoms with van der Waals surface area (Å²) >= 11 is 0. The number of fused-ring (bicyclic) bond motifs is 2. The van der Waals surface area contributed by atoms with E-state index >= 15 is 0 Å². The number of ether oxygens (including phenoxy) is 4. The third kappa shape index (κ3) is 3.83. The van der Waals surface area contributed by atoms with Gasteiger partial charge in [-0.25, -0.2) is 4.98 Å². The normalized spacial score (nSPS) is 18.0. The van der Waals surface area contributed by atoms with Crippen LogP contribution in [0.2, 0.25) is 0 Å². The Kier molecular flexibility index (Phi) is 5.11. The Balaban J connectivity index is 1.40. The quantitative estimate of drug-likeness (QED) is 0.748. The van der Waals surface area contributed by atoms with E-state index in [-0.39, 0.29) is 12.5 Å². The molecule has 0 fully saturated rings. The molecule has 0 aliphatic carbocycles. The minimum absolute atomic E-state index is 0.0597. The van der Waals surface area contributed by atoms with E-state index in [2.05, 4.69) is 4.98 Å². The molecule has 27 heavy (non-hydrogen) atoms. The van der Waals surface area contributed by atoms with Gasteiger partial charge in [0.1, 0.15) is 13.2 Å². The van der Waals surface area contributed by atoms with Crippen molar-refractivity contribution in [2.24, 2.45) is 0 Å². The van der Waals surface area contributed by atoms with Crippen LogP contribution >= 0.6 is 0 Å². The van der Waals surface area contributed by atoms with E-state index in [1.54, 1.807) is 12.0 Å². The second kappa shape index (κ2) is 7.84. The number of methoxy groups -OCH3 is 1. The Bertz CT molecular complexity index is 826. The molecule has 1 aromatic heterocycles. The molecule has 0 radical (unpaired) electrons. The van der Waals surface area contributed by atoms with Gasteiger partial charge in [-0.3, -0.25) is 4.79 Å². The van der Waals surface area contributed by atoms with Gasteiger partial charge >= 0.3 is 0 Å². The summed E-state index contributed by atoms with van der Waals surface area (Å²) in [5.74, 6) is 1.82. The lowest BCUT2D eigenvalue weighted by atomic mass is 10.0. The van der Waals surface area contributed by atoms with Gasteiger partial charge in [0, 0.05) is 32.7 Å². The molecule has 7 nitrogen and oxygen atoms in total. The first kappa shape index (κ1) is 17.6. The number of hydrogen-bond donors (Lipinski definition) is 0. The molecule has 2 aliphatic heterocycles. The lowest BCUT2D eigenvalue weighted by Crippen LogP contribution is -2.48. The fourth-order valence-corrected chi connectivity index (χ4v) is 3.24. The number of para-hydroxylation sites is 2. The van der Waals surface area contributed by atoms with E-state index < -0.39 is 6.10 Å². The van der Waals surface area contributed by atoms with Crippen LogP contribution in [0.3, 0.4) is 0 Å². The zero-order valence-corrected chi connectivity index (χ0v) is 15.2. The number of rotatable bonds is 5. The van der Waals surface area contributed by atoms with Gasteiger partial charge in [-0.05, 0) is 17.7 Å². The average Bonchev–Trinajstić information content (AvgIpc) is 2.72. The molecule has 1 amide bonds. The van der Waals surface area contributed by atoms with E-state index in [0.29, 0.717) is 50.1 Å². The molecule has 2 aliphatic rings. The first-order valence-electron chi connectivity index (χ1n) is 9.02. The lowest BCUT2D eigenvalue weighted by molar-refractivity contribution is -0.142. The van der Waals surface area contributed by atoms with Crippen LogP contribution in [0, 0.1) is 0 Å². The molecular weight excluding hydrogens is 348 g/mol. The summed E-state index contributed by atoms with van der Waals surface area (Å²) in [6, 6.07) is 11.2. The van der Waals surface area contributed by atoms with E-state index in [1.165, 1.54) is 0 Å². The van der Waals surface area contributed by atoms with Crippen molar-refractivity contribution in [3.05, 3.63) is 47.7 Å². The summed E-state index contributed by atoms with van der Waals surface area (Å²) in [5, 5.41) is 0. The number of pyridine rings is 1. The average molecular weight is 370 g/mol. The van der Waals surface area contributed by atoms with Gasteiger partial charge in [-0.2, -0.15) is 0 Å². The number of carbonyl (C=O) groups is 1. The topological polar surface area (TPSA) is 70.1 Å². The highest BCUT2D eigenvalue weighted by Gasteiger charge is 2.32. The Hall–Kier alpha value is -2.80. The van der Waals surface area contributed by atoms with E-state index in [9.17, 15) is 4.79 Å². The van der Waals surface area contributed by atoms with Crippen LogP contribution in [-0.2, 0) is 22.5 Å². The van der Waals surface area contributed by atoms with Gasteiger partial charge in [-0.15, -0.1) is 0 Å². The van der Waals surface area contributed by atoms with Crippen LogP contribution in [0.4, 0.5) is 0 Å². The van der Waals surface area contributed by atoms with Crippen molar-refractivity contribution >= 4 is 5.91 Å². The minimum Gasteiger partial charge on any atom is -0.485 e. The van der Waals surface area contributed by atoms with Crippen molar-refractivity contribution in [3.8, 4) is 17.4 Å². The maximum absolute atomic E-state index is 12.9. The summed E-state index contributed by atoms with van der Waals surface area (Å²) in [4.78, 5) is 19.2. The number of aromatic nitrogens is 1. The van der Waals surface area contributed by atoms with Crippen molar-refractivity contribution in [3.63, 3.8) is 0 Å². The highest BCUT2D eigenvalue weighted by molar-refractivity contribution is 5.82. The smallest absolute Gasteiger partial charge is 0.267 e. The largest absolute Gasteiger partial charge is 0.485 e. The van der Waals surface area contributed by atoms with Gasteiger partial charge < -0.3 is 23.8 Å². The number of nitrogens with zero attached hydrogens (tertiary/aromatic N) is 2. The van der Waals surface area contributed by atoms with E-state index in [4.69, 9.17) is 18.9 Å². The fourth-order valence-electron chi connectivity index (χ4n) is 3.24. The van der Waals surface area contributed by atoms with Crippen LogP contribution in [0.15, 0.2) is 36.4 Å². The first-order valence-corrected chi connectivity index (χ1v) is 9.02. The molecule has 142 valence electrons. The molecular formula is C20H22N2O5. The molecule has 0 saturated heterocycles. The summed E-state index contributed by atoms with van der Waals surface area (Å²) in [5.41, 5.74) is 2.01. The summed E-state index contributed by atoms with van der Waals surface area (Å²) < 4.78 is 22.1. The summed E-state index contributed by atoms with van der Waals surface area (Å²) in [7, 11) is 1.63. The van der Waals surface area contributed by atoms with E-state index in [0.717, 1.165) is 11.3 Å². The first-order chi connectivity index (χ1) is 13.2. The SMILES string of the molecule is COCCOc1ccc2c(n1)CCN(C(=O)C1COc3ccccc3O1)C2. The molecule has 0 N–H and O–H groups in total. The molecule has 1 aromatic carbocycles. The number of benzene rings is 1. The van der Waals surface area contributed by atoms with Crippen LogP contribution in [0.25, 0.3) is 0 Å². The summed E-state index contributed by atoms with van der Waals surface area (Å²) in [6.07, 6.45) is 0.0678. The highest BCUT2D eigenvalue weighted by Crippen LogP contribution is 2.31. The maximum Gasteiger partial charge on any atom is 0.267 e. The lowest BCUT2D eigenvalue weighted by Gasteiger charge is -2.33. The Labute approximate surface area is 157 Å². The zero-order chi connectivity index (χ0) is 18.6. The van der Waals surface area contributed by atoms with Crippen molar-refractivity contribution in [2.45, 2.75) is 19.1 Å². The second-order valence-electron chi connectivity index (χ2n) is 6.47. The van der Waals surface area contributed by atoms with Gasteiger partial charge in [0.2, 0.25) is 12.0 Å². The molecule has 0 saturated carbocycles. The fraction of sp³-hybridized carbons (Fsp3) is 0.400. The monoisotopic (exact) mass is 370 g/mol. The van der Waals surface area contributed by atoms with Gasteiger partial charge in [-0.1, -0.05) is 18.2 Å². The van der Waals surface area contributed by atoms with Crippen LogP contribution in [0.1, 0.15) is 11.3 Å². The molecule has 4 rings (SSSR count). The number of amides is 1. The molecule has 0 bridgehead atoms. The van der Waals surface area contributed by atoms with Crippen LogP contribution < -0.4 is 14.2 Å². The molecule has 3 heterocycles. The summed E-state index contributed by atoms with van der Waals surface area (Å²) in [6.45, 7) is 2.33. The predicted octanol–water partition coefficient (Wildman–Crippen LogP) is 1.83. The number of carbonyl (C=O) groups excluding carboxylic acids is 1. The molecule has 1 unspecified atom stereocenters.